The van der Waals surface area contributed by atoms with Gasteiger partial charge in [-0.2, -0.15) is 5.09 Å². The van der Waals surface area contributed by atoms with Crippen molar-refractivity contribution in [1.29, 1.82) is 0 Å². The van der Waals surface area contributed by atoms with Crippen LogP contribution in [-0.4, -0.2) is 59.8 Å². The quantitative estimate of drug-likeness (QED) is 0.0262. The molecule has 0 bridgehead atoms. The molecule has 0 radical (unpaired) electrons. The molecule has 8 heteroatoms. The van der Waals surface area contributed by atoms with Crippen LogP contribution in [0.5, 0.6) is 0 Å². The largest absolute Gasteiger partial charge is 0.300 e. The van der Waals surface area contributed by atoms with E-state index >= 15 is 0 Å². The minimum Gasteiger partial charge on any atom is -0.300 e. The van der Waals surface area contributed by atoms with Crippen molar-refractivity contribution in [3.05, 3.63) is 340 Å². The molecule has 10 rings (SSSR count). The van der Waals surface area contributed by atoms with Gasteiger partial charge in [-0.3, -0.25) is 9.80 Å². The molecule has 10 aromatic rings. The van der Waals surface area contributed by atoms with Crippen molar-refractivity contribution in [2.45, 2.75) is 219 Å². The molecule has 0 amide bonds. The lowest BCUT2D eigenvalue weighted by atomic mass is 9.73. The lowest BCUT2D eigenvalue weighted by Gasteiger charge is -2.35. The van der Waals surface area contributed by atoms with Crippen molar-refractivity contribution in [2.75, 3.05) is 27.4 Å². The van der Waals surface area contributed by atoms with Gasteiger partial charge in [0.1, 0.15) is 5.30 Å². The Bertz CT molecular complexity index is 3970. The molecular formula is C98H127N6P2+. The van der Waals surface area contributed by atoms with Crippen molar-refractivity contribution in [1.82, 2.24) is 30.0 Å². The highest BCUT2D eigenvalue weighted by Gasteiger charge is 2.39. The summed E-state index contributed by atoms with van der Waals surface area (Å²) in [6.45, 7) is 27.7. The molecular weight excluding hydrogens is 1320 g/mol. The Morgan fingerprint density at radius 1 is 0.283 bits per heavy atom. The monoisotopic (exact) mass is 1450 g/mol. The van der Waals surface area contributed by atoms with E-state index in [1.54, 1.807) is 0 Å². The topological polar surface area (TPSA) is 45.8 Å². The molecule has 0 heterocycles. The summed E-state index contributed by atoms with van der Waals surface area (Å²) in [5.41, 5.74) is 15.7. The van der Waals surface area contributed by atoms with Crippen molar-refractivity contribution in [3.63, 3.8) is 0 Å². The van der Waals surface area contributed by atoms with Gasteiger partial charge in [-0.1, -0.05) is 295 Å². The predicted octanol–water partition coefficient (Wildman–Crippen LogP) is 23.5. The zero-order valence-electron chi connectivity index (χ0n) is 66.3. The highest BCUT2D eigenvalue weighted by molar-refractivity contribution is 7.81. The van der Waals surface area contributed by atoms with Crippen LogP contribution in [0.1, 0.15) is 242 Å². The second-order valence-corrected chi connectivity index (χ2v) is 35.7. The summed E-state index contributed by atoms with van der Waals surface area (Å²) in [6, 6.07) is 109. The number of benzene rings is 10. The second-order valence-electron chi connectivity index (χ2n) is 31.1. The zero-order chi connectivity index (χ0) is 74.6. The zero-order valence-corrected chi connectivity index (χ0v) is 68.2. The fourth-order valence-corrected chi connectivity index (χ4v) is 22.2. The molecule has 0 saturated carbocycles. The van der Waals surface area contributed by atoms with Gasteiger partial charge < -0.3 is 10.6 Å². The van der Waals surface area contributed by atoms with E-state index in [2.05, 4.69) is 392 Å². The first-order valence-corrected chi connectivity index (χ1v) is 43.1. The molecule has 0 aliphatic heterocycles. The van der Waals surface area contributed by atoms with Crippen molar-refractivity contribution >= 4 is 32.2 Å². The van der Waals surface area contributed by atoms with Gasteiger partial charge in [0.2, 0.25) is 0 Å². The number of hydrogen-bond acceptors (Lipinski definition) is 6. The number of rotatable bonds is 43. The van der Waals surface area contributed by atoms with E-state index in [0.717, 1.165) is 97.2 Å². The van der Waals surface area contributed by atoms with Crippen molar-refractivity contribution in [2.24, 2.45) is 0 Å². The summed E-state index contributed by atoms with van der Waals surface area (Å²) in [6.07, 6.45) is 11.0. The van der Waals surface area contributed by atoms with Crippen LogP contribution < -0.4 is 31.6 Å². The van der Waals surface area contributed by atoms with Crippen LogP contribution in [0.4, 0.5) is 0 Å². The molecule has 0 aliphatic rings. The van der Waals surface area contributed by atoms with Gasteiger partial charge in [-0.15, -0.1) is 4.44 Å². The van der Waals surface area contributed by atoms with E-state index < -0.39 is 16.3 Å². The molecule has 0 fully saturated rings. The van der Waals surface area contributed by atoms with Gasteiger partial charge >= 0.3 is 0 Å². The third-order valence-electron chi connectivity index (χ3n) is 23.0. The van der Waals surface area contributed by atoms with Crippen molar-refractivity contribution in [3.8, 4) is 0 Å². The van der Waals surface area contributed by atoms with Crippen molar-refractivity contribution < 1.29 is 0 Å². The summed E-state index contributed by atoms with van der Waals surface area (Å²) < 4.78 is 2.84. The number of hydrogen-bond donors (Lipinski definition) is 3. The van der Waals surface area contributed by atoms with Gasteiger partial charge in [0, 0.05) is 44.6 Å². The third kappa shape index (κ3) is 23.7. The molecule has 6 nitrogen and oxygen atoms in total. The van der Waals surface area contributed by atoms with Gasteiger partial charge in [0.05, 0.1) is 14.6 Å². The van der Waals surface area contributed by atoms with E-state index in [1.807, 2.05) is 0 Å². The third-order valence-corrected chi connectivity index (χ3v) is 29.1. The first-order valence-electron chi connectivity index (χ1n) is 40.4. The van der Waals surface area contributed by atoms with E-state index in [4.69, 9.17) is 0 Å². The van der Waals surface area contributed by atoms with Gasteiger partial charge in [0.15, 0.2) is 8.22 Å². The predicted molar refractivity (Wildman–Crippen MR) is 462 cm³/mol. The average molecular weight is 1450 g/mol. The minimum absolute atomic E-state index is 0.305. The van der Waals surface area contributed by atoms with Crippen LogP contribution in [0, 0.1) is 0 Å². The van der Waals surface area contributed by atoms with E-state index in [1.165, 1.54) is 77.1 Å². The highest BCUT2D eigenvalue weighted by atomic mass is 31.2. The second kappa shape index (κ2) is 42.5. The number of nitrogens with zero attached hydrogens (tertiary/aromatic N) is 3. The average Bonchev–Trinajstić information content (AvgIpc) is 0.789. The Morgan fingerprint density at radius 3 is 0.821 bits per heavy atom. The van der Waals surface area contributed by atoms with Gasteiger partial charge in [-0.25, -0.2) is 0 Å². The molecule has 9 unspecified atom stereocenters. The molecule has 3 N–H and O–H groups in total. The first-order chi connectivity index (χ1) is 51.7. The van der Waals surface area contributed by atoms with Crippen LogP contribution in [0.2, 0.25) is 0 Å². The Kier molecular flexibility index (Phi) is 32.6. The van der Waals surface area contributed by atoms with Crippen LogP contribution in [0.15, 0.2) is 279 Å². The summed E-state index contributed by atoms with van der Waals surface area (Å²) in [5, 5.41) is 15.8. The summed E-state index contributed by atoms with van der Waals surface area (Å²) in [4.78, 5) is 4.71. The minimum atomic E-state index is -1.46. The Balaban J connectivity index is 0.896. The first kappa shape index (κ1) is 81.3. The van der Waals surface area contributed by atoms with E-state index in [0.29, 0.717) is 65.5 Å². The molecule has 0 aromatic heterocycles. The molecule has 9 atom stereocenters. The van der Waals surface area contributed by atoms with Crippen LogP contribution in [-0.2, 0) is 19.6 Å². The lowest BCUT2D eigenvalue weighted by Crippen LogP contribution is -2.36. The SMILES string of the molecule is CCC(CC(CC(CC(CC)c1ccc(CNCN(C)C(C)C)cc1)c1ccc(CNCN(C)C(C)C)cc1)c1ccccc1)c1ccc(C(CC)CC(CC(CC(CC)c2ccccc2)c2ccc(CN[PH+](c3ccccc3)N(C(C)C)P(c3ccccc3)c3ccccc3)cc2)c2ccccc2)cc1. The maximum atomic E-state index is 4.27. The smallest absolute Gasteiger partial charge is 0.174 e. The number of nitrogens with one attached hydrogen (secondary N) is 3. The fraction of sp³-hybridized carbons (Fsp3) is 0.388. The Morgan fingerprint density at radius 2 is 0.528 bits per heavy atom. The van der Waals surface area contributed by atoms with Gasteiger partial charge in [-0.05, 0) is 251 Å². The Labute approximate surface area is 644 Å². The highest BCUT2D eigenvalue weighted by Crippen LogP contribution is 2.55. The molecule has 106 heavy (non-hydrogen) atoms. The molecule has 0 aliphatic carbocycles. The van der Waals surface area contributed by atoms with Crippen LogP contribution >= 0.6 is 16.3 Å². The Hall–Kier alpha value is -7.18. The fourth-order valence-electron chi connectivity index (χ4n) is 16.0. The maximum absolute atomic E-state index is 4.27. The summed E-state index contributed by atoms with van der Waals surface area (Å²) in [5.74, 6) is 3.23. The molecule has 10 aromatic carbocycles. The molecule has 558 valence electrons. The summed E-state index contributed by atoms with van der Waals surface area (Å²) in [7, 11) is 2.10. The van der Waals surface area contributed by atoms with Crippen LogP contribution in [0.25, 0.3) is 0 Å². The summed E-state index contributed by atoms with van der Waals surface area (Å²) >= 11 is 0. The van der Waals surface area contributed by atoms with Gasteiger partial charge in [0.25, 0.3) is 0 Å². The molecule has 0 spiro atoms. The maximum Gasteiger partial charge on any atom is 0.174 e. The lowest BCUT2D eigenvalue weighted by molar-refractivity contribution is 0.252. The molecule has 0 saturated heterocycles. The van der Waals surface area contributed by atoms with Crippen LogP contribution in [0.3, 0.4) is 0 Å². The standard InChI is InChI=1S/C98H126N6P2/c1-13-80(84-35-23-17-24-36-84)63-94(91-57-51-79(52-58-91)71-101-106(98-45-33-22-34-46-98)104(76(9)10)105(96-41-29-20-30-42-96)97-43-31-21-32-44-97)67-92(85-37-25-18-26-38-85)64-82(15-3)88-59-61-89(62-60-88)83(16-4)65-93(86-39-27-19-28-40-86)68-95(90-55-49-78(50-56-90)70-100-73-103(12)75(7)8)66-81(14-2)87-53-47-77(48-54-87)69-99-72-102(11)74(5)6/h17-62,74-76,80-83,92-95,99-100,106H,13-16,63-73H2,1-12H3/p+1. The van der Waals surface area contributed by atoms with E-state index in [9.17, 15) is 0 Å². The normalized spacial score (nSPS) is 14.6. The van der Waals surface area contributed by atoms with E-state index in [-0.39, 0.29) is 0 Å².